The zero-order chi connectivity index (χ0) is 14.5. The molecule has 0 aromatic heterocycles. The lowest BCUT2D eigenvalue weighted by atomic mass is 10.0. The molecule has 2 aromatic carbocycles. The third-order valence-electron chi connectivity index (χ3n) is 3.62. The number of aryl methyl sites for hydroxylation is 1. The van der Waals surface area contributed by atoms with E-state index in [1.54, 1.807) is 13.0 Å². The van der Waals surface area contributed by atoms with Crippen LogP contribution >= 0.6 is 0 Å². The molecule has 1 unspecified atom stereocenters. The second-order valence-electron chi connectivity index (χ2n) is 5.26. The van der Waals surface area contributed by atoms with E-state index in [1.165, 1.54) is 5.56 Å². The first kappa shape index (κ1) is 14.7. The van der Waals surface area contributed by atoms with Gasteiger partial charge in [0, 0.05) is 6.04 Å². The van der Waals surface area contributed by atoms with E-state index >= 15 is 0 Å². The van der Waals surface area contributed by atoms with Crippen LogP contribution in [0.25, 0.3) is 11.1 Å². The van der Waals surface area contributed by atoms with E-state index < -0.39 is 0 Å². The molecule has 0 fully saturated rings. The van der Waals surface area contributed by atoms with Gasteiger partial charge in [0.15, 0.2) is 0 Å². The average Bonchev–Trinajstić information content (AvgIpc) is 2.48. The second kappa shape index (κ2) is 6.67. The molecule has 0 amide bonds. The number of hydrogen-bond donors (Lipinski definition) is 1. The first-order valence-corrected chi connectivity index (χ1v) is 7.21. The van der Waals surface area contributed by atoms with Crippen LogP contribution in [-0.2, 0) is 0 Å². The Morgan fingerprint density at radius 2 is 1.70 bits per heavy atom. The summed E-state index contributed by atoms with van der Waals surface area (Å²) in [6, 6.07) is 14.1. The van der Waals surface area contributed by atoms with Crippen molar-refractivity contribution in [1.29, 1.82) is 0 Å². The molecule has 2 rings (SSSR count). The van der Waals surface area contributed by atoms with E-state index in [-0.39, 0.29) is 5.82 Å². The first-order valence-electron chi connectivity index (χ1n) is 7.21. The third-order valence-corrected chi connectivity index (χ3v) is 3.62. The van der Waals surface area contributed by atoms with Gasteiger partial charge >= 0.3 is 0 Å². The molecular weight excluding hydrogens is 249 g/mol. The van der Waals surface area contributed by atoms with Crippen LogP contribution in [0.4, 0.5) is 4.39 Å². The Hall–Kier alpha value is -1.67. The van der Waals surface area contributed by atoms with Crippen molar-refractivity contribution in [3.63, 3.8) is 0 Å². The smallest absolute Gasteiger partial charge is 0.126 e. The van der Waals surface area contributed by atoms with Gasteiger partial charge in [-0.05, 0) is 55.1 Å². The van der Waals surface area contributed by atoms with Gasteiger partial charge in [-0.15, -0.1) is 0 Å². The molecule has 0 heterocycles. The maximum Gasteiger partial charge on any atom is 0.126 e. The fraction of sp³-hybridized carbons (Fsp3) is 0.333. The van der Waals surface area contributed by atoms with E-state index in [9.17, 15) is 4.39 Å². The van der Waals surface area contributed by atoms with Crippen molar-refractivity contribution in [2.75, 3.05) is 6.54 Å². The van der Waals surface area contributed by atoms with Crippen LogP contribution in [-0.4, -0.2) is 6.54 Å². The minimum Gasteiger partial charge on any atom is -0.310 e. The Balaban J connectivity index is 2.17. The molecule has 0 aliphatic carbocycles. The quantitative estimate of drug-likeness (QED) is 0.818. The van der Waals surface area contributed by atoms with Crippen LogP contribution in [0.15, 0.2) is 42.5 Å². The lowest BCUT2D eigenvalue weighted by Crippen LogP contribution is -2.19. The SMILES string of the molecule is CCCNC(C)c1ccc(-c2ccc(C)c(F)c2)cc1. The van der Waals surface area contributed by atoms with E-state index in [0.717, 1.165) is 24.1 Å². The zero-order valence-electron chi connectivity index (χ0n) is 12.4. The van der Waals surface area contributed by atoms with Crippen LogP contribution in [0.3, 0.4) is 0 Å². The van der Waals surface area contributed by atoms with Gasteiger partial charge in [0.1, 0.15) is 5.82 Å². The fourth-order valence-electron chi connectivity index (χ4n) is 2.22. The van der Waals surface area contributed by atoms with Gasteiger partial charge in [-0.25, -0.2) is 4.39 Å². The summed E-state index contributed by atoms with van der Waals surface area (Å²) >= 11 is 0. The van der Waals surface area contributed by atoms with Crippen molar-refractivity contribution in [2.24, 2.45) is 0 Å². The fourth-order valence-corrected chi connectivity index (χ4v) is 2.22. The number of hydrogen-bond acceptors (Lipinski definition) is 1. The second-order valence-corrected chi connectivity index (χ2v) is 5.26. The highest BCUT2D eigenvalue weighted by Gasteiger charge is 2.06. The molecule has 1 nitrogen and oxygen atoms in total. The summed E-state index contributed by atoms with van der Waals surface area (Å²) in [6.45, 7) is 7.13. The summed E-state index contributed by atoms with van der Waals surface area (Å²) in [6.07, 6.45) is 1.13. The van der Waals surface area contributed by atoms with Crippen LogP contribution in [0.2, 0.25) is 0 Å². The highest BCUT2D eigenvalue weighted by atomic mass is 19.1. The van der Waals surface area contributed by atoms with Crippen molar-refractivity contribution in [3.8, 4) is 11.1 Å². The van der Waals surface area contributed by atoms with E-state index in [0.29, 0.717) is 11.6 Å². The molecule has 0 spiro atoms. The van der Waals surface area contributed by atoms with Gasteiger partial charge in [0.05, 0.1) is 0 Å². The average molecular weight is 271 g/mol. The molecule has 0 bridgehead atoms. The van der Waals surface area contributed by atoms with Crippen molar-refractivity contribution in [2.45, 2.75) is 33.2 Å². The van der Waals surface area contributed by atoms with Crippen LogP contribution in [0.5, 0.6) is 0 Å². The lowest BCUT2D eigenvalue weighted by Gasteiger charge is -2.14. The van der Waals surface area contributed by atoms with Crippen LogP contribution < -0.4 is 5.32 Å². The Morgan fingerprint density at radius 3 is 2.30 bits per heavy atom. The van der Waals surface area contributed by atoms with Gasteiger partial charge in [-0.1, -0.05) is 43.3 Å². The first-order chi connectivity index (χ1) is 9.61. The number of halogens is 1. The molecule has 2 heteroatoms. The maximum atomic E-state index is 13.6. The Morgan fingerprint density at radius 1 is 1.05 bits per heavy atom. The summed E-state index contributed by atoms with van der Waals surface area (Å²) in [4.78, 5) is 0. The van der Waals surface area contributed by atoms with Crippen LogP contribution in [0, 0.1) is 12.7 Å². The van der Waals surface area contributed by atoms with Gasteiger partial charge in [-0.3, -0.25) is 0 Å². The zero-order valence-corrected chi connectivity index (χ0v) is 12.4. The molecular formula is C18H22FN. The molecule has 0 saturated carbocycles. The number of benzene rings is 2. The molecule has 106 valence electrons. The molecule has 0 aliphatic rings. The summed E-state index contributed by atoms with van der Waals surface area (Å²) < 4.78 is 13.6. The standard InChI is InChI=1S/C18H22FN/c1-4-11-20-14(3)15-7-9-16(10-8-15)17-6-5-13(2)18(19)12-17/h5-10,12,14,20H,4,11H2,1-3H3. The third kappa shape index (κ3) is 3.45. The van der Waals surface area contributed by atoms with E-state index in [1.807, 2.05) is 12.1 Å². The highest BCUT2D eigenvalue weighted by Crippen LogP contribution is 2.23. The Bertz CT molecular complexity index is 560. The maximum absolute atomic E-state index is 13.6. The Kier molecular flexibility index (Phi) is 4.91. The molecule has 2 aromatic rings. The number of rotatable bonds is 5. The minimum atomic E-state index is -0.149. The highest BCUT2D eigenvalue weighted by molar-refractivity contribution is 5.64. The van der Waals surface area contributed by atoms with Crippen LogP contribution in [0.1, 0.15) is 37.4 Å². The predicted molar refractivity (Wildman–Crippen MR) is 83.3 cm³/mol. The van der Waals surface area contributed by atoms with Gasteiger partial charge in [0.25, 0.3) is 0 Å². The molecule has 0 saturated heterocycles. The largest absolute Gasteiger partial charge is 0.310 e. The van der Waals surface area contributed by atoms with Gasteiger partial charge < -0.3 is 5.32 Å². The molecule has 1 N–H and O–H groups in total. The summed E-state index contributed by atoms with van der Waals surface area (Å²) in [5.74, 6) is -0.149. The molecule has 20 heavy (non-hydrogen) atoms. The Labute approximate surface area is 120 Å². The van der Waals surface area contributed by atoms with Crippen molar-refractivity contribution >= 4 is 0 Å². The predicted octanol–water partition coefficient (Wildman–Crippen LogP) is 4.86. The van der Waals surface area contributed by atoms with E-state index in [2.05, 4.69) is 43.4 Å². The van der Waals surface area contributed by atoms with Gasteiger partial charge in [-0.2, -0.15) is 0 Å². The van der Waals surface area contributed by atoms with Crippen molar-refractivity contribution < 1.29 is 4.39 Å². The normalized spacial score (nSPS) is 12.4. The monoisotopic (exact) mass is 271 g/mol. The van der Waals surface area contributed by atoms with Crippen molar-refractivity contribution in [1.82, 2.24) is 5.32 Å². The van der Waals surface area contributed by atoms with Gasteiger partial charge in [0.2, 0.25) is 0 Å². The molecule has 0 radical (unpaired) electrons. The molecule has 1 atom stereocenters. The molecule has 0 aliphatic heterocycles. The summed E-state index contributed by atoms with van der Waals surface area (Å²) in [7, 11) is 0. The lowest BCUT2D eigenvalue weighted by molar-refractivity contribution is 0.571. The van der Waals surface area contributed by atoms with Crippen molar-refractivity contribution in [3.05, 3.63) is 59.4 Å². The topological polar surface area (TPSA) is 12.0 Å². The summed E-state index contributed by atoms with van der Waals surface area (Å²) in [5.41, 5.74) is 3.92. The number of nitrogens with one attached hydrogen (secondary N) is 1. The van der Waals surface area contributed by atoms with E-state index in [4.69, 9.17) is 0 Å². The minimum absolute atomic E-state index is 0.149. The summed E-state index contributed by atoms with van der Waals surface area (Å²) in [5, 5.41) is 3.46.